The van der Waals surface area contributed by atoms with Gasteiger partial charge in [0.25, 0.3) is 6.43 Å². The summed E-state index contributed by atoms with van der Waals surface area (Å²) in [6.45, 7) is 1.24. The van der Waals surface area contributed by atoms with E-state index in [9.17, 15) is 13.6 Å². The van der Waals surface area contributed by atoms with Gasteiger partial charge in [-0.25, -0.2) is 8.78 Å². The van der Waals surface area contributed by atoms with Crippen LogP contribution in [0.25, 0.3) is 0 Å². The highest BCUT2D eigenvalue weighted by Gasteiger charge is 2.19. The summed E-state index contributed by atoms with van der Waals surface area (Å²) < 4.78 is 29.8. The quantitative estimate of drug-likeness (QED) is 0.701. The third kappa shape index (κ3) is 1.89. The Kier molecular flexibility index (Phi) is 3.17. The molecule has 14 heavy (non-hydrogen) atoms. The van der Waals surface area contributed by atoms with Crippen molar-refractivity contribution in [1.29, 1.82) is 0 Å². The lowest BCUT2D eigenvalue weighted by molar-refractivity contribution is 0.0995. The third-order valence-electron chi connectivity index (χ3n) is 1.87. The number of carbonyl (C=O) groups excluding carboxylic acids is 1. The fourth-order valence-corrected chi connectivity index (χ4v) is 1.28. The van der Waals surface area contributed by atoms with Gasteiger partial charge >= 0.3 is 0 Å². The molecule has 0 unspecified atom stereocenters. The van der Waals surface area contributed by atoms with E-state index in [0.29, 0.717) is 0 Å². The first-order valence-electron chi connectivity index (χ1n) is 4.04. The monoisotopic (exact) mass is 200 g/mol. The summed E-state index contributed by atoms with van der Waals surface area (Å²) in [6, 6.07) is 4.15. The van der Waals surface area contributed by atoms with E-state index in [1.165, 1.54) is 32.2 Å². The molecule has 76 valence electrons. The number of methoxy groups -OCH3 is 1. The van der Waals surface area contributed by atoms with Crippen LogP contribution in [-0.4, -0.2) is 12.9 Å². The number of ketones is 1. The second-order valence-corrected chi connectivity index (χ2v) is 2.78. The summed E-state index contributed by atoms with van der Waals surface area (Å²) in [5.74, 6) is -0.229. The molecule has 0 atom stereocenters. The maximum atomic E-state index is 12.5. The van der Waals surface area contributed by atoms with Crippen LogP contribution in [0.4, 0.5) is 8.78 Å². The zero-order valence-electron chi connectivity index (χ0n) is 7.88. The summed E-state index contributed by atoms with van der Waals surface area (Å²) >= 11 is 0. The minimum atomic E-state index is -2.66. The van der Waals surface area contributed by atoms with Crippen molar-refractivity contribution in [3.63, 3.8) is 0 Å². The fourth-order valence-electron chi connectivity index (χ4n) is 1.28. The van der Waals surface area contributed by atoms with Crippen LogP contribution < -0.4 is 4.74 Å². The number of rotatable bonds is 3. The summed E-state index contributed by atoms with van der Waals surface area (Å²) in [6.07, 6.45) is -2.66. The van der Waals surface area contributed by atoms with Crippen LogP contribution in [-0.2, 0) is 0 Å². The van der Waals surface area contributed by atoms with E-state index < -0.39 is 12.2 Å². The average molecular weight is 200 g/mol. The van der Waals surface area contributed by atoms with Crippen LogP contribution in [0.1, 0.15) is 29.3 Å². The van der Waals surface area contributed by atoms with Crippen molar-refractivity contribution in [1.82, 2.24) is 0 Å². The third-order valence-corrected chi connectivity index (χ3v) is 1.87. The molecule has 0 aliphatic rings. The molecule has 0 bridgehead atoms. The molecule has 0 saturated carbocycles. The molecule has 0 aliphatic heterocycles. The van der Waals surface area contributed by atoms with Gasteiger partial charge < -0.3 is 4.74 Å². The Morgan fingerprint density at radius 3 is 2.50 bits per heavy atom. The predicted octanol–water partition coefficient (Wildman–Crippen LogP) is 2.84. The van der Waals surface area contributed by atoms with Crippen LogP contribution in [0.5, 0.6) is 5.75 Å². The largest absolute Gasteiger partial charge is 0.496 e. The van der Waals surface area contributed by atoms with Crippen molar-refractivity contribution in [2.75, 3.05) is 7.11 Å². The van der Waals surface area contributed by atoms with Crippen LogP contribution in [0.15, 0.2) is 18.2 Å². The van der Waals surface area contributed by atoms with Gasteiger partial charge in [-0.05, 0) is 13.0 Å². The molecule has 0 fully saturated rings. The van der Waals surface area contributed by atoms with Gasteiger partial charge in [0.1, 0.15) is 5.75 Å². The maximum absolute atomic E-state index is 12.5. The van der Waals surface area contributed by atoms with Crippen molar-refractivity contribution in [3.05, 3.63) is 29.3 Å². The van der Waals surface area contributed by atoms with E-state index in [2.05, 4.69) is 0 Å². The topological polar surface area (TPSA) is 26.3 Å². The number of halogens is 2. The number of carbonyl (C=O) groups is 1. The molecular weight excluding hydrogens is 190 g/mol. The molecule has 1 aromatic rings. The van der Waals surface area contributed by atoms with Crippen LogP contribution in [0, 0.1) is 0 Å². The molecule has 0 N–H and O–H groups in total. The molecule has 0 radical (unpaired) electrons. The van der Waals surface area contributed by atoms with Crippen LogP contribution >= 0.6 is 0 Å². The van der Waals surface area contributed by atoms with Gasteiger partial charge in [-0.2, -0.15) is 0 Å². The Hall–Kier alpha value is -1.45. The molecule has 0 spiro atoms. The molecule has 1 rings (SSSR count). The highest BCUT2D eigenvalue weighted by molar-refractivity contribution is 5.98. The summed E-state index contributed by atoms with van der Waals surface area (Å²) in [7, 11) is 1.34. The Bertz CT molecular complexity index is 348. The summed E-state index contributed by atoms with van der Waals surface area (Å²) in [5.41, 5.74) is -0.318. The molecule has 4 heteroatoms. The van der Waals surface area contributed by atoms with Crippen molar-refractivity contribution in [3.8, 4) is 5.75 Å². The lowest BCUT2D eigenvalue weighted by atomic mass is 10.0. The van der Waals surface area contributed by atoms with Gasteiger partial charge in [-0.3, -0.25) is 4.79 Å². The zero-order valence-corrected chi connectivity index (χ0v) is 7.88. The van der Waals surface area contributed by atoms with E-state index >= 15 is 0 Å². The van der Waals surface area contributed by atoms with E-state index in [1.54, 1.807) is 0 Å². The number of Topliss-reactive ketones (excluding diaryl/α,β-unsaturated/α-hetero) is 1. The second-order valence-electron chi connectivity index (χ2n) is 2.78. The molecule has 0 saturated heterocycles. The number of benzene rings is 1. The van der Waals surface area contributed by atoms with Gasteiger partial charge in [0.15, 0.2) is 5.78 Å². The minimum Gasteiger partial charge on any atom is -0.496 e. The Morgan fingerprint density at radius 2 is 2.07 bits per heavy atom. The smallest absolute Gasteiger partial charge is 0.264 e. The SMILES string of the molecule is COc1cccc(C(F)F)c1C(C)=O. The average Bonchev–Trinajstić information content (AvgIpc) is 2.16. The zero-order chi connectivity index (χ0) is 10.7. The van der Waals surface area contributed by atoms with Crippen molar-refractivity contribution in [2.24, 2.45) is 0 Å². The van der Waals surface area contributed by atoms with Crippen LogP contribution in [0.2, 0.25) is 0 Å². The lowest BCUT2D eigenvalue weighted by Crippen LogP contribution is -2.03. The van der Waals surface area contributed by atoms with Crippen molar-refractivity contribution in [2.45, 2.75) is 13.3 Å². The Balaban J connectivity index is 3.35. The standard InChI is InChI=1S/C10H10F2O2/c1-6(13)9-7(10(11)12)4-3-5-8(9)14-2/h3-5,10H,1-2H3. The summed E-state index contributed by atoms with van der Waals surface area (Å²) in [5, 5.41) is 0. The molecule has 1 aromatic carbocycles. The van der Waals surface area contributed by atoms with Gasteiger partial charge in [0.05, 0.1) is 12.7 Å². The highest BCUT2D eigenvalue weighted by Crippen LogP contribution is 2.29. The molecule has 0 heterocycles. The normalized spacial score (nSPS) is 10.4. The number of hydrogen-bond donors (Lipinski definition) is 0. The number of ether oxygens (including phenoxy) is 1. The molecular formula is C10H10F2O2. The van der Waals surface area contributed by atoms with Gasteiger partial charge in [0, 0.05) is 5.56 Å². The van der Waals surface area contributed by atoms with Gasteiger partial charge in [0.2, 0.25) is 0 Å². The second kappa shape index (κ2) is 4.17. The number of hydrogen-bond acceptors (Lipinski definition) is 2. The van der Waals surface area contributed by atoms with E-state index in [4.69, 9.17) is 4.74 Å². The maximum Gasteiger partial charge on any atom is 0.264 e. The van der Waals surface area contributed by atoms with Crippen molar-refractivity contribution < 1.29 is 18.3 Å². The fraction of sp³-hybridized carbons (Fsp3) is 0.300. The molecule has 0 aliphatic carbocycles. The first kappa shape index (κ1) is 10.6. The summed E-state index contributed by atoms with van der Waals surface area (Å²) in [4.78, 5) is 11.1. The number of alkyl halides is 2. The minimum absolute atomic E-state index is 0.0370. The Morgan fingerprint density at radius 1 is 1.43 bits per heavy atom. The highest BCUT2D eigenvalue weighted by atomic mass is 19.3. The van der Waals surface area contributed by atoms with E-state index in [1.807, 2.05) is 0 Å². The molecule has 2 nitrogen and oxygen atoms in total. The Labute approximate surface area is 80.5 Å². The first-order valence-corrected chi connectivity index (χ1v) is 4.04. The lowest BCUT2D eigenvalue weighted by Gasteiger charge is -2.10. The molecule has 0 aromatic heterocycles. The van der Waals surface area contributed by atoms with Gasteiger partial charge in [-0.1, -0.05) is 12.1 Å². The van der Waals surface area contributed by atoms with Crippen LogP contribution in [0.3, 0.4) is 0 Å². The van der Waals surface area contributed by atoms with Gasteiger partial charge in [-0.15, -0.1) is 0 Å². The molecule has 0 amide bonds. The first-order chi connectivity index (χ1) is 6.57. The predicted molar refractivity (Wildman–Crippen MR) is 48.0 cm³/mol. The van der Waals surface area contributed by atoms with E-state index in [-0.39, 0.29) is 16.9 Å². The van der Waals surface area contributed by atoms with E-state index in [0.717, 1.165) is 0 Å². The van der Waals surface area contributed by atoms with Crippen molar-refractivity contribution >= 4 is 5.78 Å².